The van der Waals surface area contributed by atoms with Gasteiger partial charge in [-0.3, -0.25) is 14.5 Å². The van der Waals surface area contributed by atoms with E-state index in [1.54, 1.807) is 12.1 Å². The first kappa shape index (κ1) is 25.6. The molecule has 5 nitrogen and oxygen atoms in total. The molecular formula is C28H35ClFN3O2. The topological polar surface area (TPSA) is 52.7 Å². The molecule has 1 N–H and O–H groups in total. The lowest BCUT2D eigenvalue weighted by atomic mass is 10.0. The van der Waals surface area contributed by atoms with Gasteiger partial charge >= 0.3 is 0 Å². The second kappa shape index (κ2) is 11.5. The second-order valence-electron chi connectivity index (χ2n) is 10.2. The van der Waals surface area contributed by atoms with Crippen LogP contribution in [0.1, 0.15) is 63.1 Å². The molecule has 3 atom stereocenters. The number of amides is 2. The minimum absolute atomic E-state index is 0.00446. The number of benzene rings is 2. The fourth-order valence-electron chi connectivity index (χ4n) is 4.84. The Morgan fingerprint density at radius 2 is 1.71 bits per heavy atom. The smallest absolute Gasteiger partial charge is 0.225 e. The summed E-state index contributed by atoms with van der Waals surface area (Å²) in [5.74, 6) is 0.480. The molecule has 2 aliphatic rings. The summed E-state index contributed by atoms with van der Waals surface area (Å²) in [6.07, 6.45) is 4.06. The van der Waals surface area contributed by atoms with Crippen molar-refractivity contribution in [3.8, 4) is 0 Å². The Bertz CT molecular complexity index is 1010. The van der Waals surface area contributed by atoms with Crippen LogP contribution in [-0.2, 0) is 16.1 Å². The van der Waals surface area contributed by atoms with E-state index in [1.807, 2.05) is 29.2 Å². The molecule has 35 heavy (non-hydrogen) atoms. The van der Waals surface area contributed by atoms with Crippen LogP contribution in [0.3, 0.4) is 0 Å². The zero-order valence-corrected chi connectivity index (χ0v) is 21.3. The zero-order valence-electron chi connectivity index (χ0n) is 20.6. The summed E-state index contributed by atoms with van der Waals surface area (Å²) in [6.45, 7) is 6.26. The van der Waals surface area contributed by atoms with Crippen molar-refractivity contribution in [2.75, 3.05) is 13.1 Å². The van der Waals surface area contributed by atoms with E-state index in [0.717, 1.165) is 30.6 Å². The van der Waals surface area contributed by atoms with Crippen molar-refractivity contribution in [2.24, 2.45) is 5.92 Å². The summed E-state index contributed by atoms with van der Waals surface area (Å²) in [6, 6.07) is 13.8. The van der Waals surface area contributed by atoms with Gasteiger partial charge in [0.2, 0.25) is 11.8 Å². The highest BCUT2D eigenvalue weighted by Crippen LogP contribution is 2.33. The number of nitrogens with one attached hydrogen (secondary N) is 1. The van der Waals surface area contributed by atoms with Crippen molar-refractivity contribution >= 4 is 23.4 Å². The van der Waals surface area contributed by atoms with E-state index in [4.69, 9.17) is 11.6 Å². The molecule has 7 heteroatoms. The van der Waals surface area contributed by atoms with Crippen LogP contribution in [0.15, 0.2) is 48.5 Å². The van der Waals surface area contributed by atoms with E-state index >= 15 is 0 Å². The number of carbonyl (C=O) groups is 2. The van der Waals surface area contributed by atoms with Crippen LogP contribution in [0, 0.1) is 11.7 Å². The minimum atomic E-state index is -0.383. The molecule has 1 saturated heterocycles. The largest absolute Gasteiger partial charge is 0.349 e. The molecule has 0 aromatic heterocycles. The van der Waals surface area contributed by atoms with Crippen molar-refractivity contribution in [1.29, 1.82) is 0 Å². The Morgan fingerprint density at radius 3 is 2.37 bits per heavy atom. The van der Waals surface area contributed by atoms with E-state index in [0.29, 0.717) is 23.9 Å². The number of carbonyl (C=O) groups excluding carboxylic acids is 2. The number of hydrogen-bond donors (Lipinski definition) is 1. The summed E-state index contributed by atoms with van der Waals surface area (Å²) >= 11 is 6.07. The predicted octanol–water partition coefficient (Wildman–Crippen LogP) is 5.34. The van der Waals surface area contributed by atoms with E-state index in [-0.39, 0.29) is 42.2 Å². The lowest BCUT2D eigenvalue weighted by molar-refractivity contribution is -0.138. The van der Waals surface area contributed by atoms with Crippen molar-refractivity contribution in [3.63, 3.8) is 0 Å². The summed E-state index contributed by atoms with van der Waals surface area (Å²) in [4.78, 5) is 30.4. The molecule has 0 bridgehead atoms. The summed E-state index contributed by atoms with van der Waals surface area (Å²) in [5.41, 5.74) is 1.94. The molecular weight excluding hydrogens is 465 g/mol. The summed E-state index contributed by atoms with van der Waals surface area (Å²) in [7, 11) is 0. The molecule has 1 aliphatic heterocycles. The first-order chi connectivity index (χ1) is 16.8. The Hall–Kier alpha value is -2.44. The third-order valence-electron chi connectivity index (χ3n) is 7.20. The number of halogens is 2. The maximum atomic E-state index is 13.5. The third-order valence-corrected chi connectivity index (χ3v) is 7.45. The highest BCUT2D eigenvalue weighted by molar-refractivity contribution is 6.30. The van der Waals surface area contributed by atoms with Gasteiger partial charge in [0.1, 0.15) is 5.82 Å². The van der Waals surface area contributed by atoms with Crippen LogP contribution in [0.25, 0.3) is 0 Å². The quantitative estimate of drug-likeness (QED) is 0.507. The molecule has 2 aromatic rings. The third kappa shape index (κ3) is 7.28. The number of nitrogens with zero attached hydrogens (tertiary/aromatic N) is 2. The predicted molar refractivity (Wildman–Crippen MR) is 136 cm³/mol. The van der Waals surface area contributed by atoms with Gasteiger partial charge in [0.15, 0.2) is 0 Å². The number of rotatable bonds is 9. The number of piperazine rings is 1. The lowest BCUT2D eigenvalue weighted by Crippen LogP contribution is -2.58. The van der Waals surface area contributed by atoms with Gasteiger partial charge in [-0.05, 0) is 61.6 Å². The van der Waals surface area contributed by atoms with Gasteiger partial charge < -0.3 is 10.2 Å². The van der Waals surface area contributed by atoms with Crippen LogP contribution in [0.4, 0.5) is 4.39 Å². The van der Waals surface area contributed by atoms with E-state index in [1.165, 1.54) is 25.0 Å². The van der Waals surface area contributed by atoms with Gasteiger partial charge in [0.25, 0.3) is 0 Å². The van der Waals surface area contributed by atoms with E-state index in [9.17, 15) is 14.0 Å². The van der Waals surface area contributed by atoms with Gasteiger partial charge in [0, 0.05) is 43.2 Å². The van der Waals surface area contributed by atoms with Crippen molar-refractivity contribution in [1.82, 2.24) is 15.1 Å². The second-order valence-corrected chi connectivity index (χ2v) is 10.6. The average Bonchev–Trinajstić information content (AvgIpc) is 3.66. The summed E-state index contributed by atoms with van der Waals surface area (Å²) in [5, 5.41) is 3.73. The van der Waals surface area contributed by atoms with Gasteiger partial charge in [-0.1, -0.05) is 48.7 Å². The van der Waals surface area contributed by atoms with Crippen LogP contribution in [-0.4, -0.2) is 46.8 Å². The molecule has 1 heterocycles. The van der Waals surface area contributed by atoms with Crippen molar-refractivity contribution in [3.05, 3.63) is 70.5 Å². The fraction of sp³-hybridized carbons (Fsp3) is 0.500. The Balaban J connectivity index is 1.39. The standard InChI is InChI=1S/C28H35ClFN3O2/c1-19-17-33(20(2)16-32(19)18-22-5-12-25(30)13-6-22)28(35)15-26(23-8-10-24(29)11-9-23)31-27(34)14-7-21-3-4-21/h5-6,8-13,19-21,26H,3-4,7,14-18H2,1-2H3,(H,31,34). The molecule has 3 unspecified atom stereocenters. The zero-order chi connectivity index (χ0) is 24.9. The molecule has 1 saturated carbocycles. The Labute approximate surface area is 212 Å². The SMILES string of the molecule is CC1CN(C(=O)CC(NC(=O)CCC2CC2)c2ccc(Cl)cc2)C(C)CN1Cc1ccc(F)cc1. The van der Waals surface area contributed by atoms with Crippen LogP contribution >= 0.6 is 11.6 Å². The molecule has 188 valence electrons. The van der Waals surface area contributed by atoms with Crippen molar-refractivity contribution < 1.29 is 14.0 Å². The molecule has 1 aliphatic carbocycles. The van der Waals surface area contributed by atoms with Crippen LogP contribution in [0.5, 0.6) is 0 Å². The van der Waals surface area contributed by atoms with Crippen LogP contribution < -0.4 is 5.32 Å². The molecule has 2 fully saturated rings. The highest BCUT2D eigenvalue weighted by atomic mass is 35.5. The van der Waals surface area contributed by atoms with Crippen LogP contribution in [0.2, 0.25) is 5.02 Å². The first-order valence-electron chi connectivity index (χ1n) is 12.6. The van der Waals surface area contributed by atoms with E-state index < -0.39 is 0 Å². The van der Waals surface area contributed by atoms with Gasteiger partial charge in [-0.2, -0.15) is 0 Å². The summed E-state index contributed by atoms with van der Waals surface area (Å²) < 4.78 is 13.3. The molecule has 0 radical (unpaired) electrons. The normalized spacial score (nSPS) is 21.5. The first-order valence-corrected chi connectivity index (χ1v) is 13.0. The maximum Gasteiger partial charge on any atom is 0.225 e. The highest BCUT2D eigenvalue weighted by Gasteiger charge is 2.33. The van der Waals surface area contributed by atoms with Crippen molar-refractivity contribution in [2.45, 2.75) is 70.6 Å². The number of hydrogen-bond acceptors (Lipinski definition) is 3. The fourth-order valence-corrected chi connectivity index (χ4v) is 4.96. The maximum absolute atomic E-state index is 13.5. The minimum Gasteiger partial charge on any atom is -0.349 e. The molecule has 2 aromatic carbocycles. The van der Waals surface area contributed by atoms with Gasteiger partial charge in [-0.25, -0.2) is 4.39 Å². The molecule has 4 rings (SSSR count). The Morgan fingerprint density at radius 1 is 1.03 bits per heavy atom. The Kier molecular flexibility index (Phi) is 8.45. The van der Waals surface area contributed by atoms with E-state index in [2.05, 4.69) is 24.1 Å². The monoisotopic (exact) mass is 499 g/mol. The molecule has 0 spiro atoms. The average molecular weight is 500 g/mol. The van der Waals surface area contributed by atoms with Gasteiger partial charge in [-0.15, -0.1) is 0 Å². The molecule has 2 amide bonds. The lowest BCUT2D eigenvalue weighted by Gasteiger charge is -2.44. The van der Waals surface area contributed by atoms with Gasteiger partial charge in [0.05, 0.1) is 12.5 Å².